The number of benzene rings is 2. The molecule has 2 aromatic rings. The molecule has 0 fully saturated rings. The number of halogens is 1. The number of hydrogen-bond donors (Lipinski definition) is 5. The molecule has 0 amide bonds. The molecular formula is C15H17BrN2O3. The zero-order chi connectivity index (χ0) is 14.3. The summed E-state index contributed by atoms with van der Waals surface area (Å²) in [5, 5.41) is 32.2. The molecule has 1 aliphatic rings. The van der Waals surface area contributed by atoms with Crippen molar-refractivity contribution in [3.8, 4) is 28.4 Å². The molecule has 3 rings (SSSR count). The van der Waals surface area contributed by atoms with Gasteiger partial charge in [-0.15, -0.1) is 17.0 Å². The quantitative estimate of drug-likeness (QED) is 0.400. The third kappa shape index (κ3) is 2.64. The van der Waals surface area contributed by atoms with Crippen LogP contribution in [0, 0.1) is 0 Å². The Bertz CT molecular complexity index is 689. The second-order valence-corrected chi connectivity index (χ2v) is 4.94. The van der Waals surface area contributed by atoms with Crippen LogP contribution in [0.5, 0.6) is 17.2 Å². The molecule has 6 heteroatoms. The van der Waals surface area contributed by atoms with Crippen molar-refractivity contribution in [2.24, 2.45) is 0 Å². The second-order valence-electron chi connectivity index (χ2n) is 4.94. The maximum Gasteiger partial charge on any atom is 0.158 e. The van der Waals surface area contributed by atoms with Gasteiger partial charge in [-0.2, -0.15) is 0 Å². The van der Waals surface area contributed by atoms with Crippen LogP contribution in [0.15, 0.2) is 24.3 Å². The molecule has 0 spiro atoms. The molecule has 1 heterocycles. The maximum absolute atomic E-state index is 9.98. The summed E-state index contributed by atoms with van der Waals surface area (Å²) < 4.78 is 0. The van der Waals surface area contributed by atoms with E-state index in [0.717, 1.165) is 35.2 Å². The van der Waals surface area contributed by atoms with Crippen molar-refractivity contribution in [3.63, 3.8) is 0 Å². The Morgan fingerprint density at radius 1 is 0.952 bits per heavy atom. The van der Waals surface area contributed by atoms with Crippen LogP contribution in [-0.2, 0) is 13.0 Å². The van der Waals surface area contributed by atoms with Gasteiger partial charge in [0.1, 0.15) is 5.75 Å². The summed E-state index contributed by atoms with van der Waals surface area (Å²) in [6, 6.07) is 6.25. The van der Waals surface area contributed by atoms with Crippen molar-refractivity contribution < 1.29 is 15.3 Å². The van der Waals surface area contributed by atoms with Crippen LogP contribution < -0.4 is 11.1 Å². The summed E-state index contributed by atoms with van der Waals surface area (Å²) >= 11 is 0. The predicted molar refractivity (Wildman–Crippen MR) is 87.0 cm³/mol. The largest absolute Gasteiger partial charge is 0.506 e. The minimum absolute atomic E-state index is 0. The van der Waals surface area contributed by atoms with Gasteiger partial charge in [-0.3, -0.25) is 0 Å². The molecule has 112 valence electrons. The number of hydrogen-bond acceptors (Lipinski definition) is 5. The summed E-state index contributed by atoms with van der Waals surface area (Å²) in [7, 11) is 0. The number of anilines is 1. The average Bonchev–Trinajstić information content (AvgIpc) is 2.46. The fourth-order valence-electron chi connectivity index (χ4n) is 2.64. The van der Waals surface area contributed by atoms with Crippen LogP contribution in [0.4, 0.5) is 5.69 Å². The van der Waals surface area contributed by atoms with E-state index in [1.807, 2.05) is 0 Å². The zero-order valence-corrected chi connectivity index (χ0v) is 13.0. The SMILES string of the molecule is Br.Nc1c(O)cc(-c2ccc(O)c(O)c2)c2c1CNCC2. The lowest BCUT2D eigenvalue weighted by molar-refractivity contribution is 0.404. The molecule has 0 unspecified atom stereocenters. The van der Waals surface area contributed by atoms with Gasteiger partial charge in [0.25, 0.3) is 0 Å². The summed E-state index contributed by atoms with van der Waals surface area (Å²) in [5.41, 5.74) is 9.88. The summed E-state index contributed by atoms with van der Waals surface area (Å²) in [6.07, 6.45) is 0.802. The molecule has 0 saturated heterocycles. The first-order valence-electron chi connectivity index (χ1n) is 6.44. The Hall–Kier alpha value is -1.92. The van der Waals surface area contributed by atoms with Crippen molar-refractivity contribution in [3.05, 3.63) is 35.4 Å². The van der Waals surface area contributed by atoms with E-state index in [4.69, 9.17) is 5.73 Å². The molecule has 0 radical (unpaired) electrons. The van der Waals surface area contributed by atoms with Crippen molar-refractivity contribution in [1.29, 1.82) is 0 Å². The van der Waals surface area contributed by atoms with Crippen LogP contribution in [0.1, 0.15) is 11.1 Å². The minimum Gasteiger partial charge on any atom is -0.506 e. The highest BCUT2D eigenvalue weighted by Crippen LogP contribution is 2.39. The topological polar surface area (TPSA) is 98.7 Å². The first kappa shape index (κ1) is 15.5. The van der Waals surface area contributed by atoms with Gasteiger partial charge in [-0.25, -0.2) is 0 Å². The van der Waals surface area contributed by atoms with E-state index in [1.54, 1.807) is 12.1 Å². The molecule has 2 aromatic carbocycles. The van der Waals surface area contributed by atoms with E-state index in [1.165, 1.54) is 12.1 Å². The van der Waals surface area contributed by atoms with E-state index >= 15 is 0 Å². The number of nitrogens with one attached hydrogen (secondary N) is 1. The molecule has 21 heavy (non-hydrogen) atoms. The van der Waals surface area contributed by atoms with E-state index in [2.05, 4.69) is 5.32 Å². The summed E-state index contributed by atoms with van der Waals surface area (Å²) in [6.45, 7) is 1.46. The third-order valence-electron chi connectivity index (χ3n) is 3.71. The lowest BCUT2D eigenvalue weighted by atomic mass is 9.89. The Morgan fingerprint density at radius 2 is 1.71 bits per heavy atom. The van der Waals surface area contributed by atoms with Gasteiger partial charge in [-0.1, -0.05) is 6.07 Å². The van der Waals surface area contributed by atoms with Crippen molar-refractivity contribution in [2.75, 3.05) is 12.3 Å². The van der Waals surface area contributed by atoms with Crippen LogP contribution >= 0.6 is 17.0 Å². The standard InChI is InChI=1S/C15H16N2O3.BrH/c16-15-11-7-17-4-3-9(11)10(6-14(15)20)8-1-2-12(18)13(19)5-8;/h1-2,5-6,17-20H,3-4,7,16H2;1H. The van der Waals surface area contributed by atoms with Gasteiger partial charge < -0.3 is 26.4 Å². The van der Waals surface area contributed by atoms with Gasteiger partial charge in [0.15, 0.2) is 11.5 Å². The van der Waals surface area contributed by atoms with Crippen molar-refractivity contribution >= 4 is 22.7 Å². The highest BCUT2D eigenvalue weighted by Gasteiger charge is 2.20. The number of rotatable bonds is 1. The van der Waals surface area contributed by atoms with E-state index in [-0.39, 0.29) is 34.2 Å². The summed E-state index contributed by atoms with van der Waals surface area (Å²) in [4.78, 5) is 0. The van der Waals surface area contributed by atoms with Gasteiger partial charge in [-0.05, 0) is 53.4 Å². The number of phenolic OH excluding ortho intramolecular Hbond substituents is 3. The highest BCUT2D eigenvalue weighted by molar-refractivity contribution is 8.93. The van der Waals surface area contributed by atoms with E-state index in [0.29, 0.717) is 12.2 Å². The first-order chi connectivity index (χ1) is 9.58. The van der Waals surface area contributed by atoms with Crippen LogP contribution in [0.3, 0.4) is 0 Å². The Morgan fingerprint density at radius 3 is 2.43 bits per heavy atom. The molecule has 0 aromatic heterocycles. The molecule has 0 saturated carbocycles. The Labute approximate surface area is 132 Å². The Balaban J connectivity index is 0.00000161. The molecular weight excluding hydrogens is 336 g/mol. The lowest BCUT2D eigenvalue weighted by Gasteiger charge is -2.23. The van der Waals surface area contributed by atoms with Gasteiger partial charge >= 0.3 is 0 Å². The number of nitrogen functional groups attached to an aromatic ring is 1. The number of phenols is 3. The number of aromatic hydroxyl groups is 3. The van der Waals surface area contributed by atoms with Crippen molar-refractivity contribution in [1.82, 2.24) is 5.32 Å². The minimum atomic E-state index is -0.179. The molecule has 0 aliphatic carbocycles. The lowest BCUT2D eigenvalue weighted by Crippen LogP contribution is -2.25. The van der Waals surface area contributed by atoms with Crippen molar-refractivity contribution in [2.45, 2.75) is 13.0 Å². The average molecular weight is 353 g/mol. The van der Waals surface area contributed by atoms with Gasteiger partial charge in [0.2, 0.25) is 0 Å². The fourth-order valence-corrected chi connectivity index (χ4v) is 2.64. The predicted octanol–water partition coefficient (Wildman–Crippen LogP) is 2.28. The van der Waals surface area contributed by atoms with E-state index in [9.17, 15) is 15.3 Å². The fraction of sp³-hybridized carbons (Fsp3) is 0.200. The monoisotopic (exact) mass is 352 g/mol. The van der Waals surface area contributed by atoms with E-state index < -0.39 is 0 Å². The van der Waals surface area contributed by atoms with Crippen LogP contribution in [-0.4, -0.2) is 21.9 Å². The van der Waals surface area contributed by atoms with Gasteiger partial charge in [0, 0.05) is 6.54 Å². The maximum atomic E-state index is 9.98. The van der Waals surface area contributed by atoms with Gasteiger partial charge in [0.05, 0.1) is 5.69 Å². The van der Waals surface area contributed by atoms with Crippen LogP contribution in [0.2, 0.25) is 0 Å². The normalized spacial score (nSPS) is 13.3. The molecule has 0 atom stereocenters. The second kappa shape index (κ2) is 5.83. The summed E-state index contributed by atoms with van der Waals surface area (Å²) in [5.74, 6) is -0.305. The third-order valence-corrected chi connectivity index (χ3v) is 3.71. The van der Waals surface area contributed by atoms with Crippen LogP contribution in [0.25, 0.3) is 11.1 Å². The Kier molecular flexibility index (Phi) is 4.29. The zero-order valence-electron chi connectivity index (χ0n) is 11.3. The smallest absolute Gasteiger partial charge is 0.158 e. The number of fused-ring (bicyclic) bond motifs is 1. The highest BCUT2D eigenvalue weighted by atomic mass is 79.9. The first-order valence-corrected chi connectivity index (χ1v) is 6.44. The molecule has 0 bridgehead atoms. The number of nitrogens with two attached hydrogens (primary N) is 1. The molecule has 1 aliphatic heterocycles. The molecule has 6 N–H and O–H groups in total. The molecule has 5 nitrogen and oxygen atoms in total.